The van der Waals surface area contributed by atoms with Crippen molar-refractivity contribution in [1.29, 1.82) is 0 Å². The van der Waals surface area contributed by atoms with E-state index < -0.39 is 5.97 Å². The van der Waals surface area contributed by atoms with Crippen LogP contribution in [0.4, 0.5) is 4.79 Å². The number of carbonyl (C=O) groups is 2. The Morgan fingerprint density at radius 3 is 2.26 bits per heavy atom. The molecule has 0 saturated heterocycles. The number of urea groups is 1. The maximum Gasteiger partial charge on any atom is 0.317 e. The summed E-state index contributed by atoms with van der Waals surface area (Å²) < 4.78 is 0. The Bertz CT molecular complexity index is 325. The summed E-state index contributed by atoms with van der Waals surface area (Å²) in [5.74, 6) is -0.889. The standard InChI is InChI=1S/C13H25N3O3/c1-15(2)13(7-4-5-8-13)10-14-12(19)16(3)9-6-11(17)18/h4-10H2,1-3H3,(H,14,19)(H,17,18). The third kappa shape index (κ3) is 4.38. The number of hydrogen-bond acceptors (Lipinski definition) is 3. The first-order chi connectivity index (χ1) is 8.87. The van der Waals surface area contributed by atoms with Gasteiger partial charge in [-0.05, 0) is 26.9 Å². The number of carbonyl (C=O) groups excluding carboxylic acids is 1. The largest absolute Gasteiger partial charge is 0.481 e. The fourth-order valence-electron chi connectivity index (χ4n) is 2.56. The number of hydrogen-bond donors (Lipinski definition) is 2. The Morgan fingerprint density at radius 2 is 1.79 bits per heavy atom. The first kappa shape index (κ1) is 15.8. The number of likely N-dealkylation sites (N-methyl/N-ethyl adjacent to an activating group) is 1. The van der Waals surface area contributed by atoms with Crippen molar-refractivity contribution < 1.29 is 14.7 Å². The molecule has 2 N–H and O–H groups in total. The highest BCUT2D eigenvalue weighted by Gasteiger charge is 2.36. The van der Waals surface area contributed by atoms with Gasteiger partial charge in [-0.25, -0.2) is 4.79 Å². The van der Waals surface area contributed by atoms with Crippen molar-refractivity contribution in [2.45, 2.75) is 37.6 Å². The predicted octanol–water partition coefficient (Wildman–Crippen LogP) is 0.977. The van der Waals surface area contributed by atoms with Gasteiger partial charge in [0.1, 0.15) is 0 Å². The lowest BCUT2D eigenvalue weighted by Gasteiger charge is -2.37. The molecule has 0 aromatic rings. The van der Waals surface area contributed by atoms with Crippen LogP contribution in [0.1, 0.15) is 32.1 Å². The molecule has 2 amide bonds. The molecule has 0 spiro atoms. The monoisotopic (exact) mass is 271 g/mol. The molecule has 1 fully saturated rings. The number of nitrogens with zero attached hydrogens (tertiary/aromatic N) is 2. The summed E-state index contributed by atoms with van der Waals surface area (Å²) in [6.07, 6.45) is 4.56. The van der Waals surface area contributed by atoms with Gasteiger partial charge in [0.2, 0.25) is 0 Å². The molecule has 0 aliphatic heterocycles. The third-order valence-electron chi connectivity index (χ3n) is 4.06. The van der Waals surface area contributed by atoms with Crippen LogP contribution >= 0.6 is 0 Å². The van der Waals surface area contributed by atoms with Crippen LogP contribution < -0.4 is 5.32 Å². The smallest absolute Gasteiger partial charge is 0.317 e. The lowest BCUT2D eigenvalue weighted by molar-refractivity contribution is -0.137. The highest BCUT2D eigenvalue weighted by Crippen LogP contribution is 2.33. The lowest BCUT2D eigenvalue weighted by Crippen LogP contribution is -2.52. The van der Waals surface area contributed by atoms with Crippen molar-refractivity contribution in [3.63, 3.8) is 0 Å². The molecule has 6 heteroatoms. The number of nitrogens with one attached hydrogen (secondary N) is 1. The average molecular weight is 271 g/mol. The molecular weight excluding hydrogens is 246 g/mol. The SMILES string of the molecule is CN(CCC(=O)O)C(=O)NCC1(N(C)C)CCCC1. The zero-order chi connectivity index (χ0) is 14.5. The molecule has 6 nitrogen and oxygen atoms in total. The second kappa shape index (κ2) is 6.75. The summed E-state index contributed by atoms with van der Waals surface area (Å²) >= 11 is 0. The molecule has 1 aliphatic rings. The van der Waals surface area contributed by atoms with Crippen molar-refractivity contribution in [3.05, 3.63) is 0 Å². The van der Waals surface area contributed by atoms with Crippen LogP contribution in [0.2, 0.25) is 0 Å². The van der Waals surface area contributed by atoms with Crippen LogP contribution in [0.25, 0.3) is 0 Å². The van der Waals surface area contributed by atoms with Crippen molar-refractivity contribution in [3.8, 4) is 0 Å². The number of carboxylic acid groups (broad SMARTS) is 1. The van der Waals surface area contributed by atoms with Crippen LogP contribution in [0.5, 0.6) is 0 Å². The second-order valence-corrected chi connectivity index (χ2v) is 5.55. The van der Waals surface area contributed by atoms with Gasteiger partial charge in [0.15, 0.2) is 0 Å². The molecule has 1 aliphatic carbocycles. The maximum atomic E-state index is 11.9. The van der Waals surface area contributed by atoms with E-state index in [2.05, 4.69) is 10.2 Å². The van der Waals surface area contributed by atoms with Crippen molar-refractivity contribution in [1.82, 2.24) is 15.1 Å². The Kier molecular flexibility index (Phi) is 5.60. The summed E-state index contributed by atoms with van der Waals surface area (Å²) in [7, 11) is 5.71. The van der Waals surface area contributed by atoms with E-state index in [0.29, 0.717) is 6.54 Å². The molecule has 0 radical (unpaired) electrons. The molecule has 0 atom stereocenters. The molecule has 0 heterocycles. The van der Waals surface area contributed by atoms with Gasteiger partial charge in [0.25, 0.3) is 0 Å². The van der Waals surface area contributed by atoms with Gasteiger partial charge in [-0.3, -0.25) is 4.79 Å². The highest BCUT2D eigenvalue weighted by molar-refractivity contribution is 5.75. The van der Waals surface area contributed by atoms with E-state index in [9.17, 15) is 9.59 Å². The fraction of sp³-hybridized carbons (Fsp3) is 0.846. The molecule has 0 unspecified atom stereocenters. The van der Waals surface area contributed by atoms with Gasteiger partial charge in [-0.1, -0.05) is 12.8 Å². The Labute approximate surface area is 114 Å². The summed E-state index contributed by atoms with van der Waals surface area (Å²) in [4.78, 5) is 26.0. The Balaban J connectivity index is 2.42. The van der Waals surface area contributed by atoms with Gasteiger partial charge < -0.3 is 20.2 Å². The number of rotatable bonds is 6. The third-order valence-corrected chi connectivity index (χ3v) is 4.06. The minimum absolute atomic E-state index is 0.0251. The van der Waals surface area contributed by atoms with E-state index >= 15 is 0 Å². The topological polar surface area (TPSA) is 72.9 Å². The summed E-state index contributed by atoms with van der Waals surface area (Å²) in [6.45, 7) is 0.854. The molecule has 1 rings (SSSR count). The average Bonchev–Trinajstić information content (AvgIpc) is 2.83. The fourth-order valence-corrected chi connectivity index (χ4v) is 2.56. The van der Waals surface area contributed by atoms with Crippen molar-refractivity contribution >= 4 is 12.0 Å². The lowest BCUT2D eigenvalue weighted by atomic mass is 9.96. The van der Waals surface area contributed by atoms with Crippen LogP contribution in [-0.2, 0) is 4.79 Å². The summed E-state index contributed by atoms with van der Waals surface area (Å²) in [5.41, 5.74) is 0.0588. The normalized spacial score (nSPS) is 17.5. The quantitative estimate of drug-likeness (QED) is 0.755. The zero-order valence-corrected chi connectivity index (χ0v) is 12.1. The summed E-state index contributed by atoms with van der Waals surface area (Å²) in [6, 6.07) is -0.200. The number of carboxylic acids is 1. The summed E-state index contributed by atoms with van der Waals surface area (Å²) in [5, 5.41) is 11.5. The van der Waals surface area contributed by atoms with Gasteiger partial charge in [0.05, 0.1) is 6.42 Å². The Hall–Kier alpha value is -1.30. The van der Waals surface area contributed by atoms with Crippen LogP contribution in [-0.4, -0.2) is 66.7 Å². The van der Waals surface area contributed by atoms with Gasteiger partial charge in [-0.2, -0.15) is 0 Å². The molecule has 110 valence electrons. The van der Waals surface area contributed by atoms with E-state index in [1.54, 1.807) is 7.05 Å². The number of aliphatic carboxylic acids is 1. The molecule has 0 aromatic carbocycles. The van der Waals surface area contributed by atoms with Gasteiger partial charge in [0, 0.05) is 25.7 Å². The minimum Gasteiger partial charge on any atom is -0.481 e. The molecule has 1 saturated carbocycles. The van der Waals surface area contributed by atoms with Gasteiger partial charge >= 0.3 is 12.0 Å². The first-order valence-corrected chi connectivity index (χ1v) is 6.75. The molecular formula is C13H25N3O3. The highest BCUT2D eigenvalue weighted by atomic mass is 16.4. The molecule has 19 heavy (non-hydrogen) atoms. The van der Waals surface area contributed by atoms with E-state index in [4.69, 9.17) is 5.11 Å². The van der Waals surface area contributed by atoms with E-state index in [0.717, 1.165) is 12.8 Å². The number of amides is 2. The molecule has 0 aromatic heterocycles. The van der Waals surface area contributed by atoms with Gasteiger partial charge in [-0.15, -0.1) is 0 Å². The van der Waals surface area contributed by atoms with Crippen LogP contribution in [0.15, 0.2) is 0 Å². The van der Waals surface area contributed by atoms with Crippen LogP contribution in [0, 0.1) is 0 Å². The zero-order valence-electron chi connectivity index (χ0n) is 12.1. The first-order valence-electron chi connectivity index (χ1n) is 6.75. The molecule has 0 bridgehead atoms. The van der Waals surface area contributed by atoms with Crippen molar-refractivity contribution in [2.24, 2.45) is 0 Å². The van der Waals surface area contributed by atoms with E-state index in [1.165, 1.54) is 17.7 Å². The maximum absolute atomic E-state index is 11.9. The van der Waals surface area contributed by atoms with E-state index in [-0.39, 0.29) is 24.5 Å². The predicted molar refractivity (Wildman–Crippen MR) is 73.2 cm³/mol. The van der Waals surface area contributed by atoms with Crippen molar-refractivity contribution in [2.75, 3.05) is 34.2 Å². The Morgan fingerprint density at radius 1 is 1.21 bits per heavy atom. The van der Waals surface area contributed by atoms with E-state index in [1.807, 2.05) is 14.1 Å². The minimum atomic E-state index is -0.889. The van der Waals surface area contributed by atoms with Crippen LogP contribution in [0.3, 0.4) is 0 Å². The second-order valence-electron chi connectivity index (χ2n) is 5.55.